The standard InChI is InChI=1S/C18H21NO2/c1-3-4-13-19-14-5-6-17(19)16-10-7-15(8-11-16)9-12-18(20)21-2/h1,7-12,17H,4-6,13-14H2,2H3/b12-9+. The predicted molar refractivity (Wildman–Crippen MR) is 84.5 cm³/mol. The molecule has 1 heterocycles. The highest BCUT2D eigenvalue weighted by atomic mass is 16.5. The molecule has 2 rings (SSSR count). The van der Waals surface area contributed by atoms with Gasteiger partial charge in [-0.25, -0.2) is 4.79 Å². The van der Waals surface area contributed by atoms with E-state index in [1.807, 2.05) is 12.1 Å². The Balaban J connectivity index is 2.03. The Hall–Kier alpha value is -2.05. The fraction of sp³-hybridized carbons (Fsp3) is 0.389. The fourth-order valence-corrected chi connectivity index (χ4v) is 2.74. The second-order valence-corrected chi connectivity index (χ2v) is 5.17. The van der Waals surface area contributed by atoms with Gasteiger partial charge in [0.1, 0.15) is 0 Å². The van der Waals surface area contributed by atoms with E-state index < -0.39 is 0 Å². The van der Waals surface area contributed by atoms with Gasteiger partial charge in [-0.3, -0.25) is 4.90 Å². The summed E-state index contributed by atoms with van der Waals surface area (Å²) < 4.78 is 4.58. The number of hydrogen-bond donors (Lipinski definition) is 0. The predicted octanol–water partition coefficient (Wildman–Crippen LogP) is 3.03. The van der Waals surface area contributed by atoms with E-state index in [1.54, 1.807) is 6.08 Å². The summed E-state index contributed by atoms with van der Waals surface area (Å²) in [4.78, 5) is 13.5. The Morgan fingerprint density at radius 1 is 1.48 bits per heavy atom. The molecular weight excluding hydrogens is 262 g/mol. The van der Waals surface area contributed by atoms with Crippen LogP contribution in [0, 0.1) is 12.3 Å². The molecule has 0 spiro atoms. The molecule has 3 nitrogen and oxygen atoms in total. The molecule has 1 unspecified atom stereocenters. The average molecular weight is 283 g/mol. The molecule has 1 atom stereocenters. The maximum atomic E-state index is 11.1. The van der Waals surface area contributed by atoms with E-state index in [9.17, 15) is 4.79 Å². The van der Waals surface area contributed by atoms with Crippen LogP contribution < -0.4 is 0 Å². The van der Waals surface area contributed by atoms with Crippen LogP contribution in [0.25, 0.3) is 6.08 Å². The van der Waals surface area contributed by atoms with Gasteiger partial charge >= 0.3 is 5.97 Å². The highest BCUT2D eigenvalue weighted by Gasteiger charge is 2.24. The quantitative estimate of drug-likeness (QED) is 0.472. The Bertz CT molecular complexity index is 539. The van der Waals surface area contributed by atoms with Gasteiger partial charge in [0.25, 0.3) is 0 Å². The molecule has 0 radical (unpaired) electrons. The van der Waals surface area contributed by atoms with Crippen LogP contribution in [0.15, 0.2) is 30.3 Å². The highest BCUT2D eigenvalue weighted by molar-refractivity contribution is 5.86. The minimum absolute atomic E-state index is 0.338. The average Bonchev–Trinajstić information content (AvgIpc) is 2.99. The van der Waals surface area contributed by atoms with E-state index in [2.05, 4.69) is 27.7 Å². The summed E-state index contributed by atoms with van der Waals surface area (Å²) in [6, 6.07) is 8.81. The number of likely N-dealkylation sites (tertiary alicyclic amines) is 1. The minimum atomic E-state index is -0.338. The number of nitrogens with zero attached hydrogens (tertiary/aromatic N) is 1. The Morgan fingerprint density at radius 3 is 2.90 bits per heavy atom. The van der Waals surface area contributed by atoms with Crippen LogP contribution in [0.3, 0.4) is 0 Å². The normalized spacial score (nSPS) is 18.8. The van der Waals surface area contributed by atoms with Crippen LogP contribution in [0.2, 0.25) is 0 Å². The summed E-state index contributed by atoms with van der Waals surface area (Å²) in [6.45, 7) is 2.08. The molecule has 1 aromatic rings. The SMILES string of the molecule is C#CCCN1CCCC1c1ccc(/C=C/C(=O)OC)cc1. The second-order valence-electron chi connectivity index (χ2n) is 5.17. The third-order valence-electron chi connectivity index (χ3n) is 3.84. The maximum absolute atomic E-state index is 11.1. The molecule has 0 amide bonds. The lowest BCUT2D eigenvalue weighted by atomic mass is 10.0. The molecule has 110 valence electrons. The number of carbonyl (C=O) groups is 1. The summed E-state index contributed by atoms with van der Waals surface area (Å²) in [7, 11) is 1.38. The summed E-state index contributed by atoms with van der Waals surface area (Å²) in [5.41, 5.74) is 2.32. The maximum Gasteiger partial charge on any atom is 0.330 e. The lowest BCUT2D eigenvalue weighted by molar-refractivity contribution is -0.134. The summed E-state index contributed by atoms with van der Waals surface area (Å²) >= 11 is 0. The fourth-order valence-electron chi connectivity index (χ4n) is 2.74. The monoisotopic (exact) mass is 283 g/mol. The van der Waals surface area contributed by atoms with Gasteiger partial charge in [-0.1, -0.05) is 24.3 Å². The third kappa shape index (κ3) is 4.21. The number of benzene rings is 1. The smallest absolute Gasteiger partial charge is 0.330 e. The van der Waals surface area contributed by atoms with Gasteiger partial charge in [0.05, 0.1) is 7.11 Å². The first-order valence-corrected chi connectivity index (χ1v) is 7.28. The first-order chi connectivity index (χ1) is 10.2. The van der Waals surface area contributed by atoms with Crippen molar-refractivity contribution in [1.82, 2.24) is 4.90 Å². The van der Waals surface area contributed by atoms with Gasteiger partial charge in [-0.15, -0.1) is 12.3 Å². The van der Waals surface area contributed by atoms with Gasteiger partial charge in [-0.2, -0.15) is 0 Å². The molecule has 1 aliphatic rings. The van der Waals surface area contributed by atoms with Crippen LogP contribution in [-0.2, 0) is 9.53 Å². The number of hydrogen-bond acceptors (Lipinski definition) is 3. The molecule has 1 aliphatic heterocycles. The van der Waals surface area contributed by atoms with Gasteiger partial charge in [0.2, 0.25) is 0 Å². The molecule has 1 fully saturated rings. The summed E-state index contributed by atoms with van der Waals surface area (Å²) in [5, 5.41) is 0. The van der Waals surface area contributed by atoms with Crippen LogP contribution in [-0.4, -0.2) is 31.1 Å². The molecule has 0 saturated carbocycles. The molecule has 0 N–H and O–H groups in total. The lowest BCUT2D eigenvalue weighted by Gasteiger charge is -2.24. The summed E-state index contributed by atoms with van der Waals surface area (Å²) in [6.07, 6.45) is 11.8. The van der Waals surface area contributed by atoms with Crippen molar-refractivity contribution >= 4 is 12.0 Å². The molecule has 21 heavy (non-hydrogen) atoms. The van der Waals surface area contributed by atoms with Gasteiger partial charge in [0.15, 0.2) is 0 Å². The number of terminal acetylenes is 1. The van der Waals surface area contributed by atoms with Crippen LogP contribution in [0.1, 0.15) is 36.4 Å². The van der Waals surface area contributed by atoms with Crippen molar-refractivity contribution in [2.75, 3.05) is 20.2 Å². The molecule has 0 aliphatic carbocycles. The molecule has 3 heteroatoms. The zero-order valence-corrected chi connectivity index (χ0v) is 12.4. The number of esters is 1. The van der Waals surface area contributed by atoms with Gasteiger partial charge < -0.3 is 4.74 Å². The van der Waals surface area contributed by atoms with Crippen molar-refractivity contribution in [1.29, 1.82) is 0 Å². The topological polar surface area (TPSA) is 29.5 Å². The van der Waals surface area contributed by atoms with E-state index in [1.165, 1.54) is 31.6 Å². The van der Waals surface area contributed by atoms with Gasteiger partial charge in [-0.05, 0) is 36.6 Å². The van der Waals surface area contributed by atoms with Crippen molar-refractivity contribution < 1.29 is 9.53 Å². The molecule has 1 aromatic carbocycles. The number of methoxy groups -OCH3 is 1. The largest absolute Gasteiger partial charge is 0.466 e. The first-order valence-electron chi connectivity index (χ1n) is 7.28. The van der Waals surface area contributed by atoms with Crippen LogP contribution >= 0.6 is 0 Å². The van der Waals surface area contributed by atoms with E-state index in [-0.39, 0.29) is 5.97 Å². The van der Waals surface area contributed by atoms with Crippen molar-refractivity contribution in [3.8, 4) is 12.3 Å². The Labute approximate surface area is 126 Å². The van der Waals surface area contributed by atoms with Crippen molar-refractivity contribution in [2.45, 2.75) is 25.3 Å². The van der Waals surface area contributed by atoms with Crippen molar-refractivity contribution in [3.63, 3.8) is 0 Å². The van der Waals surface area contributed by atoms with Gasteiger partial charge in [0, 0.05) is 25.1 Å². The third-order valence-corrected chi connectivity index (χ3v) is 3.84. The van der Waals surface area contributed by atoms with E-state index in [0.717, 1.165) is 25.1 Å². The molecule has 1 saturated heterocycles. The van der Waals surface area contributed by atoms with Crippen LogP contribution in [0.5, 0.6) is 0 Å². The van der Waals surface area contributed by atoms with Crippen LogP contribution in [0.4, 0.5) is 0 Å². The number of rotatable bonds is 5. The zero-order valence-electron chi connectivity index (χ0n) is 12.4. The zero-order chi connectivity index (χ0) is 15.1. The Morgan fingerprint density at radius 2 is 2.24 bits per heavy atom. The molecular formula is C18H21NO2. The van der Waals surface area contributed by atoms with Crippen molar-refractivity contribution in [3.05, 3.63) is 41.5 Å². The first kappa shape index (κ1) is 15.3. The van der Waals surface area contributed by atoms with E-state index >= 15 is 0 Å². The Kier molecular flexibility index (Phi) is 5.59. The molecule has 0 bridgehead atoms. The lowest BCUT2D eigenvalue weighted by Crippen LogP contribution is -2.24. The number of carbonyl (C=O) groups excluding carboxylic acids is 1. The minimum Gasteiger partial charge on any atom is -0.466 e. The second kappa shape index (κ2) is 7.66. The number of ether oxygens (including phenoxy) is 1. The summed E-state index contributed by atoms with van der Waals surface area (Å²) in [5.74, 6) is 2.38. The van der Waals surface area contributed by atoms with Crippen molar-refractivity contribution in [2.24, 2.45) is 0 Å². The van der Waals surface area contributed by atoms with E-state index in [4.69, 9.17) is 6.42 Å². The molecule has 0 aromatic heterocycles. The van der Waals surface area contributed by atoms with E-state index in [0.29, 0.717) is 6.04 Å². The highest BCUT2D eigenvalue weighted by Crippen LogP contribution is 2.31.